The molecule has 2 heterocycles. The Bertz CT molecular complexity index is 535. The minimum atomic E-state index is -0.998. The van der Waals surface area contributed by atoms with E-state index < -0.39 is 5.97 Å². The molecule has 15 heavy (non-hydrogen) atoms. The summed E-state index contributed by atoms with van der Waals surface area (Å²) in [6, 6.07) is 3.05. The minimum absolute atomic E-state index is 0.0307. The van der Waals surface area contributed by atoms with E-state index in [2.05, 4.69) is 4.98 Å². The molecule has 0 saturated carbocycles. The van der Waals surface area contributed by atoms with Gasteiger partial charge < -0.3 is 10.2 Å². The van der Waals surface area contributed by atoms with Gasteiger partial charge in [0.25, 0.3) is 0 Å². The van der Waals surface area contributed by atoms with Crippen LogP contribution < -0.4 is 0 Å². The van der Waals surface area contributed by atoms with Crippen LogP contribution in [-0.4, -0.2) is 25.6 Å². The van der Waals surface area contributed by atoms with Gasteiger partial charge in [-0.3, -0.25) is 9.20 Å². The van der Waals surface area contributed by atoms with Gasteiger partial charge in [-0.2, -0.15) is 0 Å². The molecule has 0 saturated heterocycles. The van der Waals surface area contributed by atoms with E-state index >= 15 is 0 Å². The van der Waals surface area contributed by atoms with Crippen LogP contribution in [0, 0.1) is 0 Å². The Morgan fingerprint density at radius 2 is 2.27 bits per heavy atom. The van der Waals surface area contributed by atoms with Crippen LogP contribution in [0.25, 0.3) is 5.52 Å². The maximum absolute atomic E-state index is 10.5. The van der Waals surface area contributed by atoms with Gasteiger partial charge in [-0.15, -0.1) is 0 Å². The van der Waals surface area contributed by atoms with Gasteiger partial charge >= 0.3 is 5.97 Å². The molecule has 0 unspecified atom stereocenters. The van der Waals surface area contributed by atoms with Crippen molar-refractivity contribution in [2.24, 2.45) is 0 Å². The zero-order chi connectivity index (χ0) is 11.0. The van der Waals surface area contributed by atoms with Gasteiger partial charge in [0, 0.05) is 0 Å². The number of aromatic nitrogens is 2. The first-order valence-electron chi connectivity index (χ1n) is 4.15. The lowest BCUT2D eigenvalue weighted by Gasteiger charge is -1.98. The molecule has 0 spiro atoms. The molecule has 2 N–H and O–H groups in total. The molecule has 0 aliphatic heterocycles. The van der Waals surface area contributed by atoms with Crippen molar-refractivity contribution in [3.63, 3.8) is 0 Å². The quantitative estimate of drug-likeness (QED) is 0.810. The standard InChI is InChI=1S/C9H7ClN2O3/c10-9-6-2-1-5(13)4-12(6)7(11-9)3-8(14)15/h1-2,4,13H,3H2,(H,14,15). The minimum Gasteiger partial charge on any atom is -0.506 e. The van der Waals surface area contributed by atoms with E-state index in [0.717, 1.165) is 0 Å². The van der Waals surface area contributed by atoms with Crippen LogP contribution in [0.1, 0.15) is 5.82 Å². The van der Waals surface area contributed by atoms with Crippen molar-refractivity contribution in [1.82, 2.24) is 9.38 Å². The number of pyridine rings is 1. The number of halogens is 1. The summed E-state index contributed by atoms with van der Waals surface area (Å²) in [5.41, 5.74) is 0.575. The van der Waals surface area contributed by atoms with Gasteiger partial charge in [0.15, 0.2) is 5.15 Å². The van der Waals surface area contributed by atoms with Crippen LogP contribution in [0.3, 0.4) is 0 Å². The predicted octanol–water partition coefficient (Wildman–Crippen LogP) is 1.32. The molecule has 0 fully saturated rings. The summed E-state index contributed by atoms with van der Waals surface area (Å²) in [4.78, 5) is 14.5. The fraction of sp³-hybridized carbons (Fsp3) is 0.111. The lowest BCUT2D eigenvalue weighted by molar-refractivity contribution is -0.136. The molecule has 78 valence electrons. The third-order valence-electron chi connectivity index (χ3n) is 1.96. The van der Waals surface area contributed by atoms with Crippen molar-refractivity contribution in [2.75, 3.05) is 0 Å². The summed E-state index contributed by atoms with van der Waals surface area (Å²) in [7, 11) is 0. The van der Waals surface area contributed by atoms with Crippen LogP contribution in [0.5, 0.6) is 5.75 Å². The molecule has 2 aromatic heterocycles. The van der Waals surface area contributed by atoms with Gasteiger partial charge in [-0.25, -0.2) is 4.98 Å². The van der Waals surface area contributed by atoms with Gasteiger partial charge in [0.05, 0.1) is 11.7 Å². The first-order chi connectivity index (χ1) is 7.08. The van der Waals surface area contributed by atoms with E-state index in [4.69, 9.17) is 16.7 Å². The summed E-state index contributed by atoms with van der Waals surface area (Å²) >= 11 is 5.81. The Balaban J connectivity index is 2.64. The van der Waals surface area contributed by atoms with Crippen molar-refractivity contribution in [2.45, 2.75) is 6.42 Å². The Labute approximate surface area is 89.6 Å². The average Bonchev–Trinajstić information content (AvgIpc) is 2.42. The maximum atomic E-state index is 10.5. The van der Waals surface area contributed by atoms with Gasteiger partial charge in [0.1, 0.15) is 18.0 Å². The number of carbonyl (C=O) groups is 1. The molecule has 0 atom stereocenters. The lowest BCUT2D eigenvalue weighted by atomic mass is 10.4. The third-order valence-corrected chi connectivity index (χ3v) is 2.24. The van der Waals surface area contributed by atoms with Gasteiger partial charge in [0.2, 0.25) is 0 Å². The number of rotatable bonds is 2. The fourth-order valence-electron chi connectivity index (χ4n) is 1.36. The average molecular weight is 227 g/mol. The van der Waals surface area contributed by atoms with E-state index in [1.165, 1.54) is 16.7 Å². The predicted molar refractivity (Wildman–Crippen MR) is 53.2 cm³/mol. The molecule has 0 aliphatic rings. The topological polar surface area (TPSA) is 74.8 Å². The number of carboxylic acid groups (broad SMARTS) is 1. The lowest BCUT2D eigenvalue weighted by Crippen LogP contribution is -2.04. The first-order valence-corrected chi connectivity index (χ1v) is 4.53. The van der Waals surface area contributed by atoms with Crippen LogP contribution in [0.4, 0.5) is 0 Å². The number of hydrogen-bond donors (Lipinski definition) is 2. The number of carboxylic acids is 1. The molecule has 0 amide bonds. The molecule has 6 heteroatoms. The molecular formula is C9H7ClN2O3. The number of fused-ring (bicyclic) bond motifs is 1. The van der Waals surface area contributed by atoms with Crippen LogP contribution in [-0.2, 0) is 11.2 Å². The number of imidazole rings is 1. The zero-order valence-electron chi connectivity index (χ0n) is 7.51. The summed E-state index contributed by atoms with van der Waals surface area (Å²) in [6.07, 6.45) is 1.14. The summed E-state index contributed by atoms with van der Waals surface area (Å²) in [6.45, 7) is 0. The van der Waals surface area contributed by atoms with Crippen molar-refractivity contribution >= 4 is 23.1 Å². The first kappa shape index (κ1) is 9.79. The number of nitrogens with zero attached hydrogens (tertiary/aromatic N) is 2. The van der Waals surface area contributed by atoms with Crippen molar-refractivity contribution in [3.8, 4) is 5.75 Å². The van der Waals surface area contributed by atoms with E-state index in [1.807, 2.05) is 0 Å². The highest BCUT2D eigenvalue weighted by atomic mass is 35.5. The molecule has 2 aromatic rings. The zero-order valence-corrected chi connectivity index (χ0v) is 8.27. The highest BCUT2D eigenvalue weighted by molar-refractivity contribution is 6.32. The molecule has 0 bridgehead atoms. The molecule has 2 rings (SSSR count). The van der Waals surface area contributed by atoms with Crippen LogP contribution in [0.2, 0.25) is 5.15 Å². The molecule has 0 aliphatic carbocycles. The van der Waals surface area contributed by atoms with Crippen molar-refractivity contribution in [1.29, 1.82) is 0 Å². The molecule has 0 radical (unpaired) electrons. The number of aromatic hydroxyl groups is 1. The Hall–Kier alpha value is -1.75. The van der Waals surface area contributed by atoms with E-state index in [9.17, 15) is 9.90 Å². The third kappa shape index (κ3) is 1.73. The number of aliphatic carboxylic acids is 1. The van der Waals surface area contributed by atoms with E-state index in [-0.39, 0.29) is 17.3 Å². The Morgan fingerprint density at radius 1 is 1.53 bits per heavy atom. The Morgan fingerprint density at radius 3 is 2.93 bits per heavy atom. The summed E-state index contributed by atoms with van der Waals surface area (Å²) < 4.78 is 1.46. The maximum Gasteiger partial charge on any atom is 0.311 e. The summed E-state index contributed by atoms with van der Waals surface area (Å²) in [5.74, 6) is -0.677. The molecular weight excluding hydrogens is 220 g/mol. The van der Waals surface area contributed by atoms with Crippen molar-refractivity contribution in [3.05, 3.63) is 29.3 Å². The Kier molecular flexibility index (Phi) is 2.24. The highest BCUT2D eigenvalue weighted by Crippen LogP contribution is 2.21. The second kappa shape index (κ2) is 3.43. The highest BCUT2D eigenvalue weighted by Gasteiger charge is 2.12. The smallest absolute Gasteiger partial charge is 0.311 e. The molecule has 0 aromatic carbocycles. The normalized spacial score (nSPS) is 10.7. The number of hydrogen-bond acceptors (Lipinski definition) is 3. The van der Waals surface area contributed by atoms with E-state index in [0.29, 0.717) is 11.3 Å². The van der Waals surface area contributed by atoms with E-state index in [1.54, 1.807) is 6.07 Å². The second-order valence-corrected chi connectivity index (χ2v) is 3.39. The van der Waals surface area contributed by atoms with Gasteiger partial charge in [-0.05, 0) is 12.1 Å². The second-order valence-electron chi connectivity index (χ2n) is 3.03. The largest absolute Gasteiger partial charge is 0.506 e. The molecule has 5 nitrogen and oxygen atoms in total. The SMILES string of the molecule is O=C(O)Cc1nc(Cl)c2ccc(O)cn12. The monoisotopic (exact) mass is 226 g/mol. The fourth-order valence-corrected chi connectivity index (χ4v) is 1.61. The van der Waals surface area contributed by atoms with Crippen LogP contribution >= 0.6 is 11.6 Å². The van der Waals surface area contributed by atoms with Crippen LogP contribution in [0.15, 0.2) is 18.3 Å². The van der Waals surface area contributed by atoms with Crippen molar-refractivity contribution < 1.29 is 15.0 Å². The van der Waals surface area contributed by atoms with Gasteiger partial charge in [-0.1, -0.05) is 11.6 Å². The summed E-state index contributed by atoms with van der Waals surface area (Å²) in [5, 5.41) is 18.1.